The first-order valence-corrected chi connectivity index (χ1v) is 11.1. The van der Waals surface area contributed by atoms with E-state index in [2.05, 4.69) is 4.99 Å². The van der Waals surface area contributed by atoms with Crippen molar-refractivity contribution in [1.29, 1.82) is 0 Å². The van der Waals surface area contributed by atoms with Crippen LogP contribution in [0.1, 0.15) is 23.1 Å². The lowest BCUT2D eigenvalue weighted by Gasteiger charge is -2.19. The van der Waals surface area contributed by atoms with E-state index < -0.39 is 18.2 Å². The number of halogens is 3. The standard InChI is InChI=1S/C28H28F3NO/c29-28(30,31)27(32-21-20-24-14-6-2-7-15-24)33-26(22-25-17-8-3-9-18-25)19-11-10-16-23-12-4-1-5-13-23/h1-9,11-15,17-19,26H,10,16,20-22H2/b19-11+,32-27?. The zero-order valence-electron chi connectivity index (χ0n) is 18.4. The minimum atomic E-state index is -4.65. The molecule has 0 N–H and O–H groups in total. The molecule has 0 fully saturated rings. The van der Waals surface area contributed by atoms with Gasteiger partial charge in [-0.25, -0.2) is 4.99 Å². The largest absolute Gasteiger partial charge is 0.468 e. The highest BCUT2D eigenvalue weighted by Crippen LogP contribution is 2.21. The maximum absolute atomic E-state index is 13.7. The Morgan fingerprint density at radius 3 is 1.82 bits per heavy atom. The minimum absolute atomic E-state index is 0.00857. The Bertz CT molecular complexity index is 1000. The van der Waals surface area contributed by atoms with Crippen LogP contribution in [0, 0.1) is 0 Å². The quantitative estimate of drug-likeness (QED) is 0.185. The molecule has 0 heterocycles. The van der Waals surface area contributed by atoms with Crippen LogP contribution in [-0.2, 0) is 24.0 Å². The Morgan fingerprint density at radius 1 is 0.758 bits per heavy atom. The second-order valence-corrected chi connectivity index (χ2v) is 7.72. The van der Waals surface area contributed by atoms with Gasteiger partial charge in [-0.3, -0.25) is 0 Å². The van der Waals surface area contributed by atoms with Crippen LogP contribution in [0.4, 0.5) is 13.2 Å². The van der Waals surface area contributed by atoms with Crippen molar-refractivity contribution < 1.29 is 17.9 Å². The van der Waals surface area contributed by atoms with Crippen LogP contribution in [0.15, 0.2) is 108 Å². The van der Waals surface area contributed by atoms with Crippen LogP contribution >= 0.6 is 0 Å². The van der Waals surface area contributed by atoms with Gasteiger partial charge in [-0.15, -0.1) is 0 Å². The molecule has 3 aromatic carbocycles. The highest BCUT2D eigenvalue weighted by atomic mass is 19.4. The molecular weight excluding hydrogens is 423 g/mol. The molecule has 0 spiro atoms. The molecule has 1 atom stereocenters. The predicted octanol–water partition coefficient (Wildman–Crippen LogP) is 7.01. The van der Waals surface area contributed by atoms with E-state index in [1.165, 1.54) is 5.56 Å². The van der Waals surface area contributed by atoms with Gasteiger partial charge >= 0.3 is 6.18 Å². The van der Waals surface area contributed by atoms with Crippen molar-refractivity contribution in [3.8, 4) is 0 Å². The highest BCUT2D eigenvalue weighted by molar-refractivity contribution is 5.82. The monoisotopic (exact) mass is 451 g/mol. The SMILES string of the molecule is FC(F)(F)C(=NCCc1ccccc1)OC(/C=C/CCc1ccccc1)Cc1ccccc1. The minimum Gasteiger partial charge on any atom is -0.467 e. The summed E-state index contributed by atoms with van der Waals surface area (Å²) in [6.45, 7) is 0.00857. The summed E-state index contributed by atoms with van der Waals surface area (Å²) in [6, 6.07) is 28.7. The molecule has 0 saturated carbocycles. The molecule has 33 heavy (non-hydrogen) atoms. The number of hydrogen-bond acceptors (Lipinski definition) is 2. The first kappa shape index (κ1) is 24.3. The van der Waals surface area contributed by atoms with Crippen LogP contribution in [0.2, 0.25) is 0 Å². The molecule has 0 radical (unpaired) electrons. The molecule has 0 aliphatic heterocycles. The van der Waals surface area contributed by atoms with E-state index in [0.717, 1.165) is 17.5 Å². The molecule has 2 nitrogen and oxygen atoms in total. The number of allylic oxidation sites excluding steroid dienone is 1. The van der Waals surface area contributed by atoms with Gasteiger partial charge in [0.25, 0.3) is 5.90 Å². The van der Waals surface area contributed by atoms with Gasteiger partial charge < -0.3 is 4.74 Å². The summed E-state index contributed by atoms with van der Waals surface area (Å²) < 4.78 is 46.5. The van der Waals surface area contributed by atoms with Crippen molar-refractivity contribution >= 4 is 5.90 Å². The molecule has 0 amide bonds. The van der Waals surface area contributed by atoms with E-state index in [4.69, 9.17) is 4.74 Å². The lowest BCUT2D eigenvalue weighted by atomic mass is 10.1. The second kappa shape index (κ2) is 12.6. The van der Waals surface area contributed by atoms with Gasteiger partial charge in [0.1, 0.15) is 6.10 Å². The van der Waals surface area contributed by atoms with E-state index >= 15 is 0 Å². The van der Waals surface area contributed by atoms with Crippen LogP contribution in [0.25, 0.3) is 0 Å². The molecular formula is C28H28F3NO. The molecule has 0 aromatic heterocycles. The molecule has 0 aliphatic carbocycles. The maximum atomic E-state index is 13.7. The molecule has 1 unspecified atom stereocenters. The summed E-state index contributed by atoms with van der Waals surface area (Å²) >= 11 is 0. The number of aryl methyl sites for hydroxylation is 1. The maximum Gasteiger partial charge on any atom is 0.468 e. The Kier molecular flexibility index (Phi) is 9.31. The fourth-order valence-corrected chi connectivity index (χ4v) is 3.41. The Balaban J connectivity index is 1.69. The lowest BCUT2D eigenvalue weighted by Crippen LogP contribution is -2.31. The third kappa shape index (κ3) is 8.97. The molecule has 0 saturated heterocycles. The van der Waals surface area contributed by atoms with Gasteiger partial charge in [0.2, 0.25) is 0 Å². The summed E-state index contributed by atoms with van der Waals surface area (Å²) in [6.07, 6.45) is 0.463. The van der Waals surface area contributed by atoms with Crippen molar-refractivity contribution in [2.75, 3.05) is 6.54 Å². The van der Waals surface area contributed by atoms with Crippen LogP contribution in [0.5, 0.6) is 0 Å². The Labute approximate surface area is 193 Å². The summed E-state index contributed by atoms with van der Waals surface area (Å²) in [5.74, 6) is -1.17. The number of aliphatic imine (C=N–C) groups is 1. The zero-order chi connectivity index (χ0) is 23.4. The van der Waals surface area contributed by atoms with Crippen molar-refractivity contribution in [3.63, 3.8) is 0 Å². The van der Waals surface area contributed by atoms with Crippen molar-refractivity contribution in [2.24, 2.45) is 4.99 Å². The average molecular weight is 452 g/mol. The molecule has 0 aliphatic rings. The van der Waals surface area contributed by atoms with E-state index in [9.17, 15) is 13.2 Å². The average Bonchev–Trinajstić information content (AvgIpc) is 2.82. The van der Waals surface area contributed by atoms with Gasteiger partial charge in [-0.1, -0.05) is 97.1 Å². The topological polar surface area (TPSA) is 21.6 Å². The van der Waals surface area contributed by atoms with Crippen molar-refractivity contribution in [1.82, 2.24) is 0 Å². The first-order chi connectivity index (χ1) is 16.0. The van der Waals surface area contributed by atoms with Gasteiger partial charge in [0.05, 0.1) is 0 Å². The number of nitrogens with zero attached hydrogens (tertiary/aromatic N) is 1. The van der Waals surface area contributed by atoms with Gasteiger partial charge in [-0.2, -0.15) is 13.2 Å². The number of ether oxygens (including phenoxy) is 1. The Morgan fingerprint density at radius 2 is 1.27 bits per heavy atom. The summed E-state index contributed by atoms with van der Waals surface area (Å²) in [5, 5.41) is 0. The van der Waals surface area contributed by atoms with E-state index in [-0.39, 0.29) is 6.54 Å². The van der Waals surface area contributed by atoms with Gasteiger partial charge in [-0.05, 0) is 42.0 Å². The molecule has 5 heteroatoms. The molecule has 3 rings (SSSR count). The number of rotatable bonds is 10. The number of hydrogen-bond donors (Lipinski definition) is 0. The van der Waals surface area contributed by atoms with E-state index in [0.29, 0.717) is 19.3 Å². The third-order valence-electron chi connectivity index (χ3n) is 5.08. The third-order valence-corrected chi connectivity index (χ3v) is 5.08. The van der Waals surface area contributed by atoms with E-state index in [1.807, 2.05) is 97.1 Å². The fraction of sp³-hybridized carbons (Fsp3) is 0.250. The van der Waals surface area contributed by atoms with Gasteiger partial charge in [0, 0.05) is 13.0 Å². The number of alkyl halides is 3. The summed E-state index contributed by atoms with van der Waals surface area (Å²) in [4.78, 5) is 3.78. The molecule has 3 aromatic rings. The zero-order valence-corrected chi connectivity index (χ0v) is 18.4. The number of benzene rings is 3. The molecule has 172 valence electrons. The van der Waals surface area contributed by atoms with Crippen LogP contribution < -0.4 is 0 Å². The summed E-state index contributed by atoms with van der Waals surface area (Å²) in [7, 11) is 0. The van der Waals surface area contributed by atoms with E-state index in [1.54, 1.807) is 6.08 Å². The van der Waals surface area contributed by atoms with Crippen molar-refractivity contribution in [3.05, 3.63) is 120 Å². The second-order valence-electron chi connectivity index (χ2n) is 7.72. The van der Waals surface area contributed by atoms with Crippen molar-refractivity contribution in [2.45, 2.75) is 38.0 Å². The molecule has 0 bridgehead atoms. The van der Waals surface area contributed by atoms with Crippen LogP contribution in [0.3, 0.4) is 0 Å². The van der Waals surface area contributed by atoms with Crippen LogP contribution in [-0.4, -0.2) is 24.7 Å². The smallest absolute Gasteiger partial charge is 0.467 e. The lowest BCUT2D eigenvalue weighted by molar-refractivity contribution is -0.0815. The van der Waals surface area contributed by atoms with Gasteiger partial charge in [0.15, 0.2) is 0 Å². The Hall–Kier alpha value is -3.34. The highest BCUT2D eigenvalue weighted by Gasteiger charge is 2.39. The normalized spacial score (nSPS) is 13.2. The first-order valence-electron chi connectivity index (χ1n) is 11.1. The summed E-state index contributed by atoms with van der Waals surface area (Å²) in [5.41, 5.74) is 3.02. The fourth-order valence-electron chi connectivity index (χ4n) is 3.41. The predicted molar refractivity (Wildman–Crippen MR) is 127 cm³/mol.